The molecule has 0 saturated carbocycles. The van der Waals surface area contributed by atoms with Crippen molar-refractivity contribution in [3.63, 3.8) is 0 Å². The number of hydrogen-bond donors (Lipinski definition) is 1. The van der Waals surface area contributed by atoms with Gasteiger partial charge in [0.15, 0.2) is 5.82 Å². The zero-order chi connectivity index (χ0) is 22.8. The summed E-state index contributed by atoms with van der Waals surface area (Å²) in [6.45, 7) is 4.01. The summed E-state index contributed by atoms with van der Waals surface area (Å²) in [5.41, 5.74) is 2.34. The van der Waals surface area contributed by atoms with Gasteiger partial charge in [-0.05, 0) is 46.6 Å². The van der Waals surface area contributed by atoms with Crippen LogP contribution in [0, 0.1) is 0 Å². The van der Waals surface area contributed by atoms with Crippen molar-refractivity contribution in [1.82, 2.24) is 35.0 Å². The van der Waals surface area contributed by atoms with Crippen molar-refractivity contribution in [3.8, 4) is 5.75 Å². The smallest absolute Gasteiger partial charge is 0.253 e. The number of rotatable bonds is 6. The Morgan fingerprint density at radius 1 is 1.06 bits per heavy atom. The van der Waals surface area contributed by atoms with Crippen LogP contribution in [0.15, 0.2) is 59.4 Å². The second kappa shape index (κ2) is 9.13. The molecule has 1 atom stereocenters. The number of ether oxygens (including phenoxy) is 1. The van der Waals surface area contributed by atoms with Crippen LogP contribution in [0.2, 0.25) is 0 Å². The first-order valence-electron chi connectivity index (χ1n) is 11.1. The van der Waals surface area contributed by atoms with E-state index in [1.165, 1.54) is 0 Å². The topological polar surface area (TPSA) is 92.2 Å². The van der Waals surface area contributed by atoms with Gasteiger partial charge in [-0.1, -0.05) is 30.3 Å². The summed E-state index contributed by atoms with van der Waals surface area (Å²) in [5.74, 6) is 1.37. The summed E-state index contributed by atoms with van der Waals surface area (Å²) in [5, 5.41) is 13.6. The third kappa shape index (κ3) is 4.37. The number of nitrogens with one attached hydrogen (secondary N) is 1. The summed E-state index contributed by atoms with van der Waals surface area (Å²) >= 11 is 0. The van der Waals surface area contributed by atoms with E-state index in [1.54, 1.807) is 11.8 Å². The van der Waals surface area contributed by atoms with Crippen molar-refractivity contribution < 1.29 is 4.74 Å². The van der Waals surface area contributed by atoms with Crippen molar-refractivity contribution >= 4 is 10.9 Å². The van der Waals surface area contributed by atoms with E-state index in [9.17, 15) is 4.79 Å². The van der Waals surface area contributed by atoms with Gasteiger partial charge < -0.3 is 14.6 Å². The van der Waals surface area contributed by atoms with Crippen LogP contribution in [0.3, 0.4) is 0 Å². The lowest BCUT2D eigenvalue weighted by Gasteiger charge is -2.37. The van der Waals surface area contributed by atoms with Gasteiger partial charge in [-0.3, -0.25) is 9.69 Å². The Kier molecular flexibility index (Phi) is 5.89. The number of tetrazole rings is 1. The van der Waals surface area contributed by atoms with Crippen LogP contribution in [-0.4, -0.2) is 75.3 Å². The Balaban J connectivity index is 1.60. The van der Waals surface area contributed by atoms with Gasteiger partial charge in [0.25, 0.3) is 5.56 Å². The molecule has 9 heteroatoms. The van der Waals surface area contributed by atoms with E-state index < -0.39 is 0 Å². The molecule has 2 aromatic heterocycles. The number of aromatic amines is 1. The van der Waals surface area contributed by atoms with Crippen molar-refractivity contribution in [1.29, 1.82) is 0 Å². The van der Waals surface area contributed by atoms with Crippen LogP contribution in [-0.2, 0) is 6.54 Å². The number of benzene rings is 2. The molecule has 1 N–H and O–H groups in total. The summed E-state index contributed by atoms with van der Waals surface area (Å²) in [4.78, 5) is 21.0. The molecule has 33 heavy (non-hydrogen) atoms. The number of pyridine rings is 1. The molecule has 4 aromatic rings. The first-order chi connectivity index (χ1) is 16.1. The fraction of sp³-hybridized carbons (Fsp3) is 0.333. The maximum absolute atomic E-state index is 13.3. The van der Waals surface area contributed by atoms with Gasteiger partial charge in [0.05, 0.1) is 19.2 Å². The second-order valence-electron chi connectivity index (χ2n) is 8.43. The van der Waals surface area contributed by atoms with E-state index >= 15 is 0 Å². The molecule has 3 heterocycles. The average molecular weight is 446 g/mol. The van der Waals surface area contributed by atoms with Crippen molar-refractivity contribution in [3.05, 3.63) is 81.9 Å². The quantitative estimate of drug-likeness (QED) is 0.485. The van der Waals surface area contributed by atoms with Gasteiger partial charge in [0.2, 0.25) is 0 Å². The zero-order valence-electron chi connectivity index (χ0n) is 18.8. The maximum Gasteiger partial charge on any atom is 0.253 e. The van der Waals surface area contributed by atoms with E-state index in [1.807, 2.05) is 54.6 Å². The molecule has 170 valence electrons. The number of nitrogens with zero attached hydrogens (tertiary/aromatic N) is 6. The summed E-state index contributed by atoms with van der Waals surface area (Å²) in [6, 6.07) is 17.4. The van der Waals surface area contributed by atoms with E-state index in [4.69, 9.17) is 4.74 Å². The molecular formula is C24H27N7O2. The van der Waals surface area contributed by atoms with E-state index in [0.717, 1.165) is 42.6 Å². The molecule has 0 bridgehead atoms. The van der Waals surface area contributed by atoms with Crippen LogP contribution >= 0.6 is 0 Å². The normalized spacial score (nSPS) is 16.2. The largest absolute Gasteiger partial charge is 0.497 e. The lowest BCUT2D eigenvalue weighted by atomic mass is 10.0. The molecule has 0 radical (unpaired) electrons. The fourth-order valence-electron chi connectivity index (χ4n) is 4.38. The molecule has 1 saturated heterocycles. The van der Waals surface area contributed by atoms with Gasteiger partial charge >= 0.3 is 0 Å². The molecule has 0 amide bonds. The average Bonchev–Trinajstić information content (AvgIpc) is 3.28. The highest BCUT2D eigenvalue weighted by molar-refractivity contribution is 5.80. The zero-order valence-corrected chi connectivity index (χ0v) is 18.8. The first kappa shape index (κ1) is 21.3. The lowest BCUT2D eigenvalue weighted by Crippen LogP contribution is -2.47. The van der Waals surface area contributed by atoms with Gasteiger partial charge in [-0.15, -0.1) is 5.10 Å². The SMILES string of the molecule is COc1ccc2cc([C@@H](c3nnnn3Cc3ccccc3)N3CCN(C)CC3)c(=O)[nH]c2c1. The minimum Gasteiger partial charge on any atom is -0.497 e. The summed E-state index contributed by atoms with van der Waals surface area (Å²) in [7, 11) is 3.73. The lowest BCUT2D eigenvalue weighted by molar-refractivity contribution is 0.121. The standard InChI is InChI=1S/C24H27N7O2/c1-29-10-12-30(13-11-29)22(23-26-27-28-31(23)16-17-6-4-3-5-7-17)20-14-18-8-9-19(33-2)15-21(18)25-24(20)32/h3-9,14-15,22H,10-13,16H2,1-2H3,(H,25,32)/t22-/m0/s1. The van der Waals surface area contributed by atoms with Gasteiger partial charge in [0, 0.05) is 37.8 Å². The van der Waals surface area contributed by atoms with Gasteiger partial charge in [-0.2, -0.15) is 0 Å². The number of hydrogen-bond acceptors (Lipinski definition) is 7. The second-order valence-corrected chi connectivity index (χ2v) is 8.43. The molecule has 0 spiro atoms. The Morgan fingerprint density at radius 2 is 1.85 bits per heavy atom. The minimum atomic E-state index is -0.354. The number of aromatic nitrogens is 5. The predicted molar refractivity (Wildman–Crippen MR) is 125 cm³/mol. The van der Waals surface area contributed by atoms with Crippen LogP contribution in [0.5, 0.6) is 5.75 Å². The molecule has 2 aromatic carbocycles. The minimum absolute atomic E-state index is 0.144. The molecule has 1 aliphatic rings. The van der Waals surface area contributed by atoms with Crippen molar-refractivity contribution in [2.45, 2.75) is 12.6 Å². The highest BCUT2D eigenvalue weighted by Gasteiger charge is 2.32. The highest BCUT2D eigenvalue weighted by Crippen LogP contribution is 2.28. The van der Waals surface area contributed by atoms with Crippen LogP contribution in [0.4, 0.5) is 0 Å². The number of methoxy groups -OCH3 is 1. The molecule has 0 unspecified atom stereocenters. The molecule has 9 nitrogen and oxygen atoms in total. The molecular weight excluding hydrogens is 418 g/mol. The van der Waals surface area contributed by atoms with Crippen LogP contribution < -0.4 is 10.3 Å². The molecule has 5 rings (SSSR count). The third-order valence-corrected chi connectivity index (χ3v) is 6.26. The fourth-order valence-corrected chi connectivity index (χ4v) is 4.38. The maximum atomic E-state index is 13.3. The number of fused-ring (bicyclic) bond motifs is 1. The van der Waals surface area contributed by atoms with Crippen molar-refractivity contribution in [2.24, 2.45) is 0 Å². The Bertz CT molecular complexity index is 1290. The first-order valence-corrected chi connectivity index (χ1v) is 11.1. The Morgan fingerprint density at radius 3 is 2.61 bits per heavy atom. The summed E-state index contributed by atoms with van der Waals surface area (Å²) < 4.78 is 7.11. The number of H-pyrrole nitrogens is 1. The van der Waals surface area contributed by atoms with Crippen LogP contribution in [0.25, 0.3) is 10.9 Å². The Labute approximate surface area is 191 Å². The number of piperazine rings is 1. The molecule has 1 aliphatic heterocycles. The van der Waals surface area contributed by atoms with Gasteiger partial charge in [-0.25, -0.2) is 4.68 Å². The van der Waals surface area contributed by atoms with E-state index in [2.05, 4.69) is 37.4 Å². The predicted octanol–water partition coefficient (Wildman–Crippen LogP) is 1.91. The van der Waals surface area contributed by atoms with Gasteiger partial charge in [0.1, 0.15) is 11.8 Å². The van der Waals surface area contributed by atoms with E-state index in [-0.39, 0.29) is 11.6 Å². The Hall–Kier alpha value is -3.56. The third-order valence-electron chi connectivity index (χ3n) is 6.26. The van der Waals surface area contributed by atoms with Crippen LogP contribution in [0.1, 0.15) is 23.0 Å². The molecule has 0 aliphatic carbocycles. The monoisotopic (exact) mass is 445 g/mol. The number of likely N-dealkylation sites (N-methyl/N-ethyl adjacent to an activating group) is 1. The highest BCUT2D eigenvalue weighted by atomic mass is 16.5. The molecule has 1 fully saturated rings. The van der Waals surface area contributed by atoms with E-state index in [0.29, 0.717) is 23.7 Å². The van der Waals surface area contributed by atoms with Crippen molar-refractivity contribution in [2.75, 3.05) is 40.3 Å². The summed E-state index contributed by atoms with van der Waals surface area (Å²) in [6.07, 6.45) is 0.